The molecule has 0 atom stereocenters. The summed E-state index contributed by atoms with van der Waals surface area (Å²) in [4.78, 5) is 36.1. The maximum absolute atomic E-state index is 13.3. The van der Waals surface area contributed by atoms with E-state index in [9.17, 15) is 9.59 Å². The van der Waals surface area contributed by atoms with Crippen molar-refractivity contribution in [2.75, 3.05) is 42.7 Å². The van der Waals surface area contributed by atoms with Crippen LogP contribution in [0.2, 0.25) is 10.0 Å². The highest BCUT2D eigenvalue weighted by Crippen LogP contribution is 2.46. The van der Waals surface area contributed by atoms with E-state index in [1.54, 1.807) is 26.0 Å². The Balaban J connectivity index is 1.19. The summed E-state index contributed by atoms with van der Waals surface area (Å²) in [6, 6.07) is 12.4. The maximum atomic E-state index is 13.3. The normalized spacial score (nSPS) is 11.8. The summed E-state index contributed by atoms with van der Waals surface area (Å²) in [5.74, 6) is 1.62. The third-order valence-electron chi connectivity index (χ3n) is 8.85. The zero-order valence-corrected chi connectivity index (χ0v) is 32.7. The zero-order chi connectivity index (χ0) is 40.0. The molecule has 2 heterocycles. The molecule has 0 unspecified atom stereocenters. The monoisotopic (exact) mass is 802 g/mol. The highest BCUT2D eigenvalue weighted by molar-refractivity contribution is 6.35. The number of carbonyl (C=O) groups excluding carboxylic acids is 2. The second-order valence-electron chi connectivity index (χ2n) is 12.2. The van der Waals surface area contributed by atoms with Gasteiger partial charge in [-0.05, 0) is 61.4 Å². The van der Waals surface area contributed by atoms with Gasteiger partial charge >= 0.3 is 11.9 Å². The molecule has 0 bridgehead atoms. The van der Waals surface area contributed by atoms with E-state index in [4.69, 9.17) is 80.6 Å². The Morgan fingerprint density at radius 1 is 0.500 bits per heavy atom. The van der Waals surface area contributed by atoms with E-state index >= 15 is 0 Å². The van der Waals surface area contributed by atoms with Gasteiger partial charge in [0.25, 0.3) is 0 Å². The van der Waals surface area contributed by atoms with E-state index in [1.807, 2.05) is 0 Å². The Morgan fingerprint density at radius 3 is 1.14 bits per heavy atom. The molecule has 56 heavy (non-hydrogen) atoms. The summed E-state index contributed by atoms with van der Waals surface area (Å²) in [7, 11) is 8.72. The van der Waals surface area contributed by atoms with Gasteiger partial charge in [-0.3, -0.25) is 0 Å². The van der Waals surface area contributed by atoms with Crippen molar-refractivity contribution in [2.45, 2.75) is 13.8 Å². The predicted molar refractivity (Wildman–Crippen MR) is 203 cm³/mol. The molecular formula is C40H32Cl2N2O12. The SMILES string of the molecule is COc1cc(C(=O)Oc2cc3c(cc2C)N=c2c(Cl)c4c(c(Cl)c2O3)=Nc2cc(C)c(OC(=O)c3cc(OC)c(OC)c(OC)c3)cc2O4)cc(OC)c1OC. The van der Waals surface area contributed by atoms with E-state index in [0.29, 0.717) is 34.0 Å². The Kier molecular flexibility index (Phi) is 10.2. The number of carbonyl (C=O) groups is 2. The summed E-state index contributed by atoms with van der Waals surface area (Å²) in [6.07, 6.45) is 0. The van der Waals surface area contributed by atoms with Gasteiger partial charge in [0.1, 0.15) is 43.6 Å². The van der Waals surface area contributed by atoms with E-state index in [1.165, 1.54) is 79.1 Å². The first-order chi connectivity index (χ1) is 26.9. The summed E-state index contributed by atoms with van der Waals surface area (Å²) in [5.41, 5.74) is 2.26. The lowest BCUT2D eigenvalue weighted by Gasteiger charge is -2.22. The van der Waals surface area contributed by atoms with Crippen LogP contribution < -0.4 is 58.1 Å². The number of methoxy groups -OCH3 is 6. The van der Waals surface area contributed by atoms with Crippen molar-refractivity contribution < 1.29 is 57.0 Å². The first kappa shape index (κ1) is 37.9. The van der Waals surface area contributed by atoms with Crippen molar-refractivity contribution in [3.63, 3.8) is 0 Å². The molecule has 288 valence electrons. The largest absolute Gasteiger partial charge is 0.493 e. The van der Waals surface area contributed by atoms with Crippen LogP contribution in [-0.4, -0.2) is 54.6 Å². The van der Waals surface area contributed by atoms with Crippen LogP contribution in [0.4, 0.5) is 11.4 Å². The fraction of sp³-hybridized carbons (Fsp3) is 0.200. The lowest BCUT2D eigenvalue weighted by molar-refractivity contribution is 0.0723. The Bertz CT molecular complexity index is 2380. The number of nitrogens with zero attached hydrogens (tertiary/aromatic N) is 2. The van der Waals surface area contributed by atoms with Gasteiger partial charge in [0.05, 0.1) is 53.8 Å². The average Bonchev–Trinajstić information content (AvgIpc) is 3.21. The van der Waals surface area contributed by atoms with E-state index in [2.05, 4.69) is 0 Å². The summed E-state index contributed by atoms with van der Waals surface area (Å²) in [5, 5.41) is 0.548. The predicted octanol–water partition coefficient (Wildman–Crippen LogP) is 8.21. The van der Waals surface area contributed by atoms with Gasteiger partial charge in [-0.1, -0.05) is 23.2 Å². The van der Waals surface area contributed by atoms with Gasteiger partial charge in [0.15, 0.2) is 46.0 Å². The minimum Gasteiger partial charge on any atom is -0.493 e. The van der Waals surface area contributed by atoms with E-state index < -0.39 is 11.9 Å². The van der Waals surface area contributed by atoms with Crippen molar-refractivity contribution in [3.05, 3.63) is 91.5 Å². The number of fused-ring (bicyclic) bond motifs is 4. The molecule has 0 fully saturated rings. The van der Waals surface area contributed by atoms with E-state index in [-0.39, 0.29) is 89.4 Å². The highest BCUT2D eigenvalue weighted by Gasteiger charge is 2.29. The van der Waals surface area contributed by atoms with Gasteiger partial charge in [0, 0.05) is 12.1 Å². The molecule has 0 aliphatic carbocycles. The minimum atomic E-state index is -0.681. The quantitative estimate of drug-likeness (QED) is 0.0968. The molecule has 0 amide bonds. The van der Waals surface area contributed by atoms with Gasteiger partial charge in [-0.2, -0.15) is 0 Å². The molecule has 0 N–H and O–H groups in total. The first-order valence-corrected chi connectivity index (χ1v) is 17.4. The molecule has 7 rings (SSSR count). The van der Waals surface area contributed by atoms with E-state index in [0.717, 1.165) is 0 Å². The molecule has 14 nitrogen and oxygen atoms in total. The standard InChI is InChI=1S/C40H32Cl2N2O12/c1-17-9-21-25(15-23(17)55-39(45)19-11-27(47-3)35(51-7)28(12-19)48-4)53-37-32(42)34-38(31(41)33(37)43-21)54-26-16-24(18(2)10-22(26)44-34)56-40(46)20-13-29(49-5)36(52-8)30(14-20)50-6/h9-16H,1-8H3. The van der Waals surface area contributed by atoms with Crippen LogP contribution in [-0.2, 0) is 0 Å². The molecule has 0 aromatic heterocycles. The highest BCUT2D eigenvalue weighted by atomic mass is 35.5. The van der Waals surface area contributed by atoms with Crippen LogP contribution in [0.15, 0.2) is 58.5 Å². The smallest absolute Gasteiger partial charge is 0.343 e. The number of benzene rings is 5. The van der Waals surface area contributed by atoms with Crippen molar-refractivity contribution in [3.8, 4) is 69.0 Å². The molecule has 2 aliphatic heterocycles. The van der Waals surface area contributed by atoms with Crippen molar-refractivity contribution in [2.24, 2.45) is 9.98 Å². The van der Waals surface area contributed by atoms with Crippen LogP contribution >= 0.6 is 23.2 Å². The van der Waals surface area contributed by atoms with Gasteiger partial charge in [0.2, 0.25) is 11.5 Å². The average molecular weight is 804 g/mol. The lowest BCUT2D eigenvalue weighted by Crippen LogP contribution is -2.22. The zero-order valence-electron chi connectivity index (χ0n) is 31.2. The molecule has 0 spiro atoms. The molecule has 16 heteroatoms. The number of ether oxygens (including phenoxy) is 10. The molecule has 2 aliphatic rings. The number of rotatable bonds is 10. The Morgan fingerprint density at radius 2 is 0.839 bits per heavy atom. The van der Waals surface area contributed by atoms with Crippen LogP contribution in [0.25, 0.3) is 0 Å². The molecule has 0 radical (unpaired) electrons. The third-order valence-corrected chi connectivity index (χ3v) is 9.55. The first-order valence-electron chi connectivity index (χ1n) is 16.6. The fourth-order valence-corrected chi connectivity index (χ4v) is 6.56. The topological polar surface area (TPSA) is 151 Å². The Labute approximate surface area is 329 Å². The molecular weight excluding hydrogens is 771 g/mol. The van der Waals surface area contributed by atoms with Crippen molar-refractivity contribution in [1.82, 2.24) is 0 Å². The van der Waals surface area contributed by atoms with Crippen LogP contribution in [0, 0.1) is 13.8 Å². The summed E-state index contributed by atoms with van der Waals surface area (Å²) in [6.45, 7) is 3.50. The molecule has 0 saturated heterocycles. The number of halogens is 2. The second-order valence-corrected chi connectivity index (χ2v) is 12.9. The van der Waals surface area contributed by atoms with Gasteiger partial charge < -0.3 is 47.4 Å². The van der Waals surface area contributed by atoms with Crippen LogP contribution in [0.5, 0.6) is 69.0 Å². The fourth-order valence-electron chi connectivity index (χ4n) is 6.05. The maximum Gasteiger partial charge on any atom is 0.343 e. The minimum absolute atomic E-state index is 0.0755. The molecule has 0 saturated carbocycles. The van der Waals surface area contributed by atoms with Crippen LogP contribution in [0.1, 0.15) is 31.8 Å². The van der Waals surface area contributed by atoms with Crippen molar-refractivity contribution >= 4 is 46.5 Å². The molecule has 5 aromatic rings. The molecule has 5 aromatic carbocycles. The third kappa shape index (κ3) is 6.56. The number of hydrogen-bond acceptors (Lipinski definition) is 14. The Hall–Kier alpha value is -6.38. The number of aryl methyl sites for hydroxylation is 2. The summed E-state index contributed by atoms with van der Waals surface area (Å²) < 4.78 is 56.3. The number of esters is 2. The lowest BCUT2D eigenvalue weighted by atomic mass is 10.1. The number of hydrogen-bond donors (Lipinski definition) is 0. The second kappa shape index (κ2) is 15.0. The van der Waals surface area contributed by atoms with Crippen LogP contribution in [0.3, 0.4) is 0 Å². The van der Waals surface area contributed by atoms with Crippen molar-refractivity contribution in [1.29, 1.82) is 0 Å². The van der Waals surface area contributed by atoms with Gasteiger partial charge in [-0.15, -0.1) is 0 Å². The summed E-state index contributed by atoms with van der Waals surface area (Å²) >= 11 is 13.8. The van der Waals surface area contributed by atoms with Gasteiger partial charge in [-0.25, -0.2) is 19.6 Å².